The molecule has 0 bridgehead atoms. The summed E-state index contributed by atoms with van der Waals surface area (Å²) in [7, 11) is 1.73. The van der Waals surface area contributed by atoms with Gasteiger partial charge in [0.05, 0.1) is 23.7 Å². The van der Waals surface area contributed by atoms with Crippen LogP contribution in [0.2, 0.25) is 0 Å². The van der Waals surface area contributed by atoms with Gasteiger partial charge in [0.2, 0.25) is 5.91 Å². The molecule has 0 spiro atoms. The largest absolute Gasteiger partial charge is 0.384 e. The van der Waals surface area contributed by atoms with Crippen LogP contribution in [0.3, 0.4) is 0 Å². The maximum atomic E-state index is 12.4. The van der Waals surface area contributed by atoms with Crippen molar-refractivity contribution in [3.8, 4) is 0 Å². The Morgan fingerprint density at radius 1 is 1.25 bits per heavy atom. The molecule has 1 saturated heterocycles. The number of benzene rings is 1. The minimum absolute atomic E-state index is 0. The number of piperidine rings is 1. The van der Waals surface area contributed by atoms with Gasteiger partial charge >= 0.3 is 0 Å². The molecule has 1 aromatic carbocycles. The van der Waals surface area contributed by atoms with E-state index in [0.29, 0.717) is 19.6 Å². The first-order valence-corrected chi connectivity index (χ1v) is 10.0. The predicted octanol–water partition coefficient (Wildman–Crippen LogP) is 3.25. The number of carbonyl (C=O) groups excluding carboxylic acids is 1. The number of nitrogens with one attached hydrogen (secondary N) is 2. The number of nitrogens with zero attached hydrogens (tertiary/aromatic N) is 1. The summed E-state index contributed by atoms with van der Waals surface area (Å²) in [6.07, 6.45) is 3.21. The molecule has 0 unspecified atom stereocenters. The number of carbonyl (C=O) groups is 1. The van der Waals surface area contributed by atoms with Gasteiger partial charge in [-0.05, 0) is 31.5 Å². The van der Waals surface area contributed by atoms with Crippen molar-refractivity contribution in [1.82, 2.24) is 15.6 Å². The summed E-state index contributed by atoms with van der Waals surface area (Å²) in [6, 6.07) is 10.3. The summed E-state index contributed by atoms with van der Waals surface area (Å²) >= 11 is 1.62. The van der Waals surface area contributed by atoms with Gasteiger partial charge in [-0.15, -0.1) is 36.2 Å². The van der Waals surface area contributed by atoms with Crippen LogP contribution < -0.4 is 10.6 Å². The van der Waals surface area contributed by atoms with E-state index in [4.69, 9.17) is 4.74 Å². The Balaban J connectivity index is 0.00000196. The second-order valence-corrected chi connectivity index (χ2v) is 7.97. The minimum atomic E-state index is 0. The third kappa shape index (κ3) is 7.33. The van der Waals surface area contributed by atoms with E-state index in [2.05, 4.69) is 27.8 Å². The topological polar surface area (TPSA) is 63.2 Å². The monoisotopic (exact) mass is 445 g/mol. The van der Waals surface area contributed by atoms with Gasteiger partial charge < -0.3 is 15.4 Å². The van der Waals surface area contributed by atoms with E-state index in [9.17, 15) is 4.79 Å². The highest BCUT2D eigenvalue weighted by atomic mass is 35.5. The van der Waals surface area contributed by atoms with Crippen molar-refractivity contribution < 1.29 is 9.53 Å². The van der Waals surface area contributed by atoms with E-state index in [-0.39, 0.29) is 36.1 Å². The summed E-state index contributed by atoms with van der Waals surface area (Å²) in [6.45, 7) is 3.32. The molecule has 28 heavy (non-hydrogen) atoms. The normalized spacial score (nSPS) is 15.2. The fourth-order valence-electron chi connectivity index (χ4n) is 3.43. The first kappa shape index (κ1) is 24.9. The van der Waals surface area contributed by atoms with E-state index in [0.717, 1.165) is 43.1 Å². The molecule has 0 saturated carbocycles. The minimum Gasteiger partial charge on any atom is -0.384 e. The van der Waals surface area contributed by atoms with Gasteiger partial charge in [-0.1, -0.05) is 30.3 Å². The smallest absolute Gasteiger partial charge is 0.226 e. The number of thiazole rings is 1. The van der Waals surface area contributed by atoms with Crippen LogP contribution in [0, 0.1) is 5.41 Å². The van der Waals surface area contributed by atoms with Crippen molar-refractivity contribution in [3.63, 3.8) is 0 Å². The quantitative estimate of drug-likeness (QED) is 0.654. The molecule has 0 atom stereocenters. The third-order valence-corrected chi connectivity index (χ3v) is 5.81. The average molecular weight is 446 g/mol. The molecule has 156 valence electrons. The standard InChI is InChI=1S/C20H27N3O2S.2ClH/c1-25-15-20(7-9-21-10-8-20)14-22-18(24)12-17-13-26-19(23-17)11-16-5-3-2-4-6-16;;/h2-6,13,21H,7-12,14-15H2,1H3,(H,22,24);2*1H. The van der Waals surface area contributed by atoms with Crippen molar-refractivity contribution in [2.24, 2.45) is 5.41 Å². The highest BCUT2D eigenvalue weighted by molar-refractivity contribution is 7.09. The average Bonchev–Trinajstić information content (AvgIpc) is 3.09. The molecule has 1 aliphatic rings. The maximum absolute atomic E-state index is 12.4. The van der Waals surface area contributed by atoms with Crippen LogP contribution >= 0.6 is 36.2 Å². The van der Waals surface area contributed by atoms with E-state index >= 15 is 0 Å². The molecule has 0 aliphatic carbocycles. The van der Waals surface area contributed by atoms with Crippen molar-refractivity contribution >= 4 is 42.1 Å². The zero-order chi connectivity index (χ0) is 18.2. The number of amides is 1. The molecule has 3 rings (SSSR count). The van der Waals surface area contributed by atoms with E-state index in [1.807, 2.05) is 23.6 Å². The molecule has 1 aromatic heterocycles. The molecular formula is C20H29Cl2N3O2S. The van der Waals surface area contributed by atoms with Crippen molar-refractivity contribution in [2.75, 3.05) is 33.4 Å². The van der Waals surface area contributed by atoms with E-state index < -0.39 is 0 Å². The Labute approximate surface area is 183 Å². The number of halogens is 2. The van der Waals surface area contributed by atoms with Gasteiger partial charge in [0, 0.05) is 30.9 Å². The molecule has 5 nitrogen and oxygen atoms in total. The second kappa shape index (κ2) is 12.4. The first-order chi connectivity index (χ1) is 12.7. The summed E-state index contributed by atoms with van der Waals surface area (Å²) < 4.78 is 5.41. The second-order valence-electron chi connectivity index (χ2n) is 7.03. The van der Waals surface area contributed by atoms with Crippen LogP contribution in [0.1, 0.15) is 29.1 Å². The van der Waals surface area contributed by atoms with Crippen LogP contribution in [-0.2, 0) is 22.4 Å². The Morgan fingerprint density at radius 2 is 1.96 bits per heavy atom. The van der Waals surface area contributed by atoms with Crippen molar-refractivity contribution in [1.29, 1.82) is 0 Å². The highest BCUT2D eigenvalue weighted by Gasteiger charge is 2.32. The van der Waals surface area contributed by atoms with Crippen LogP contribution in [-0.4, -0.2) is 44.2 Å². The highest BCUT2D eigenvalue weighted by Crippen LogP contribution is 2.28. The first-order valence-electron chi connectivity index (χ1n) is 9.13. The Bertz CT molecular complexity index is 701. The van der Waals surface area contributed by atoms with Crippen LogP contribution in [0.15, 0.2) is 35.7 Å². The zero-order valence-corrected chi connectivity index (χ0v) is 18.6. The molecule has 8 heteroatoms. The fraction of sp³-hybridized carbons (Fsp3) is 0.500. The number of aromatic nitrogens is 1. The van der Waals surface area contributed by atoms with Gasteiger partial charge in [0.25, 0.3) is 0 Å². The molecule has 1 fully saturated rings. The number of hydrogen-bond donors (Lipinski definition) is 2. The van der Waals surface area contributed by atoms with Gasteiger partial charge in [0.15, 0.2) is 0 Å². The Morgan fingerprint density at radius 3 is 2.64 bits per heavy atom. The number of rotatable bonds is 8. The molecule has 2 heterocycles. The summed E-state index contributed by atoms with van der Waals surface area (Å²) in [5, 5.41) is 9.52. The summed E-state index contributed by atoms with van der Waals surface area (Å²) in [4.78, 5) is 17.0. The van der Waals surface area contributed by atoms with Crippen LogP contribution in [0.5, 0.6) is 0 Å². The molecule has 2 N–H and O–H groups in total. The van der Waals surface area contributed by atoms with Crippen LogP contribution in [0.4, 0.5) is 0 Å². The van der Waals surface area contributed by atoms with Crippen molar-refractivity contribution in [3.05, 3.63) is 52.0 Å². The molecule has 2 aromatic rings. The number of methoxy groups -OCH3 is 1. The van der Waals surface area contributed by atoms with Gasteiger partial charge in [-0.3, -0.25) is 4.79 Å². The van der Waals surface area contributed by atoms with Gasteiger partial charge in [-0.2, -0.15) is 0 Å². The van der Waals surface area contributed by atoms with E-state index in [1.54, 1.807) is 18.4 Å². The molecule has 1 aliphatic heterocycles. The lowest BCUT2D eigenvalue weighted by Crippen LogP contribution is -2.47. The molecule has 0 radical (unpaired) electrons. The Hall–Kier alpha value is -1.18. The number of hydrogen-bond acceptors (Lipinski definition) is 5. The maximum Gasteiger partial charge on any atom is 0.226 e. The molecule has 1 amide bonds. The predicted molar refractivity (Wildman–Crippen MR) is 119 cm³/mol. The SMILES string of the molecule is COCC1(CNC(=O)Cc2csc(Cc3ccccc3)n2)CCNCC1.Cl.Cl. The van der Waals surface area contributed by atoms with Crippen molar-refractivity contribution in [2.45, 2.75) is 25.7 Å². The Kier molecular flexibility index (Phi) is 11.0. The van der Waals surface area contributed by atoms with E-state index in [1.165, 1.54) is 5.56 Å². The lowest BCUT2D eigenvalue weighted by molar-refractivity contribution is -0.121. The number of ether oxygens (including phenoxy) is 1. The molecular weight excluding hydrogens is 417 g/mol. The summed E-state index contributed by atoms with van der Waals surface area (Å²) in [5.41, 5.74) is 2.14. The lowest BCUT2D eigenvalue weighted by Gasteiger charge is -2.37. The van der Waals surface area contributed by atoms with Gasteiger partial charge in [0.1, 0.15) is 0 Å². The van der Waals surface area contributed by atoms with Crippen LogP contribution in [0.25, 0.3) is 0 Å². The fourth-order valence-corrected chi connectivity index (χ4v) is 4.26. The lowest BCUT2D eigenvalue weighted by atomic mass is 9.79. The summed E-state index contributed by atoms with van der Waals surface area (Å²) in [5.74, 6) is 0.0376. The third-order valence-electron chi connectivity index (χ3n) is 4.91. The van der Waals surface area contributed by atoms with Gasteiger partial charge in [-0.25, -0.2) is 4.98 Å². The zero-order valence-electron chi connectivity index (χ0n) is 16.1.